The van der Waals surface area contributed by atoms with Crippen LogP contribution in [0.1, 0.15) is 27.7 Å². The van der Waals surface area contributed by atoms with Crippen molar-refractivity contribution in [1.29, 1.82) is 0 Å². The van der Waals surface area contributed by atoms with E-state index in [1.54, 1.807) is 20.8 Å². The molecule has 0 aliphatic carbocycles. The molecule has 2 fully saturated rings. The van der Waals surface area contributed by atoms with Crippen LogP contribution in [0.15, 0.2) is 12.1 Å². The molecule has 36 heavy (non-hydrogen) atoms. The number of piperazine rings is 1. The molecule has 0 spiro atoms. The number of cyclic esters (lactones) is 1. The molecule has 3 rings (SSSR count). The highest BCUT2D eigenvalue weighted by Gasteiger charge is 2.36. The van der Waals surface area contributed by atoms with E-state index in [0.717, 1.165) is 17.0 Å². The molecule has 11 nitrogen and oxygen atoms in total. The average Bonchev–Trinajstić information content (AvgIpc) is 3.15. The fraction of sp³-hybridized carbons (Fsp3) is 0.565. The Balaban J connectivity index is 1.61. The van der Waals surface area contributed by atoms with Gasteiger partial charge in [-0.3, -0.25) is 14.5 Å². The van der Waals surface area contributed by atoms with Crippen LogP contribution in [-0.2, 0) is 19.1 Å². The summed E-state index contributed by atoms with van der Waals surface area (Å²) < 4.78 is 40.2. The van der Waals surface area contributed by atoms with Gasteiger partial charge in [-0.15, -0.1) is 0 Å². The summed E-state index contributed by atoms with van der Waals surface area (Å²) in [6.07, 6.45) is -1.47. The van der Waals surface area contributed by atoms with Crippen LogP contribution >= 0.6 is 0 Å². The topological polar surface area (TPSA) is 121 Å². The van der Waals surface area contributed by atoms with Gasteiger partial charge in [-0.2, -0.15) is 0 Å². The van der Waals surface area contributed by atoms with Gasteiger partial charge in [0.15, 0.2) is 11.6 Å². The highest BCUT2D eigenvalue weighted by Crippen LogP contribution is 2.32. The van der Waals surface area contributed by atoms with Crippen LogP contribution in [0.25, 0.3) is 0 Å². The van der Waals surface area contributed by atoms with Gasteiger partial charge < -0.3 is 29.9 Å². The van der Waals surface area contributed by atoms with Gasteiger partial charge >= 0.3 is 12.2 Å². The van der Waals surface area contributed by atoms with Crippen LogP contribution < -0.4 is 20.4 Å². The van der Waals surface area contributed by atoms with Crippen molar-refractivity contribution in [2.24, 2.45) is 0 Å². The first-order valence-electron chi connectivity index (χ1n) is 11.5. The predicted octanol–water partition coefficient (Wildman–Crippen LogP) is 1.60. The Morgan fingerprint density at radius 2 is 1.69 bits per heavy atom. The fourth-order valence-electron chi connectivity index (χ4n) is 3.94. The number of nitrogens with zero attached hydrogens (tertiary/aromatic N) is 3. The molecule has 2 heterocycles. The Bertz CT molecular complexity index is 1000. The van der Waals surface area contributed by atoms with E-state index in [-0.39, 0.29) is 69.1 Å². The van der Waals surface area contributed by atoms with E-state index in [9.17, 15) is 19.2 Å². The van der Waals surface area contributed by atoms with Gasteiger partial charge in [0.05, 0.1) is 11.7 Å². The summed E-state index contributed by atoms with van der Waals surface area (Å²) in [6.45, 7) is 6.98. The maximum absolute atomic E-state index is 15.0. The Labute approximate surface area is 207 Å². The Morgan fingerprint density at radius 1 is 1.08 bits per heavy atom. The molecular formula is C23H31F2N5O6. The minimum atomic E-state index is -0.866. The lowest BCUT2D eigenvalue weighted by molar-refractivity contribution is -0.130. The van der Waals surface area contributed by atoms with Crippen LogP contribution in [0.3, 0.4) is 0 Å². The van der Waals surface area contributed by atoms with Crippen LogP contribution in [0.5, 0.6) is 0 Å². The van der Waals surface area contributed by atoms with E-state index in [4.69, 9.17) is 9.47 Å². The standard InChI is InChI=1S/C23H31F2N5O6/c1-14(31)26-11-16-13-35-22(34)30(16)15-9-17(24)20(18(25)10-15)29-7-5-28(6-8-29)19(32)12-27-21(33)36-23(2,3)4/h9-10,16H,5-8,11-13H2,1-4H3,(H,26,31)(H,27,33)/t16-/m0/s1. The molecule has 0 unspecified atom stereocenters. The first-order valence-corrected chi connectivity index (χ1v) is 11.5. The zero-order valence-corrected chi connectivity index (χ0v) is 20.7. The molecular weight excluding hydrogens is 480 g/mol. The number of anilines is 2. The normalized spacial score (nSPS) is 18.1. The lowest BCUT2D eigenvalue weighted by Crippen LogP contribution is -2.52. The number of rotatable bonds is 6. The van der Waals surface area contributed by atoms with Gasteiger partial charge in [-0.05, 0) is 20.8 Å². The number of carbonyl (C=O) groups excluding carboxylic acids is 4. The van der Waals surface area contributed by atoms with Crippen LogP contribution in [0, 0.1) is 11.6 Å². The summed E-state index contributed by atoms with van der Waals surface area (Å²) in [5.74, 6) is -2.38. The smallest absolute Gasteiger partial charge is 0.414 e. The predicted molar refractivity (Wildman–Crippen MR) is 126 cm³/mol. The molecule has 0 aromatic heterocycles. The van der Waals surface area contributed by atoms with E-state index < -0.39 is 35.5 Å². The molecule has 1 aromatic rings. The summed E-state index contributed by atoms with van der Waals surface area (Å²) in [5.41, 5.74) is -0.971. The second-order valence-corrected chi connectivity index (χ2v) is 9.52. The zero-order chi connectivity index (χ0) is 26.6. The van der Waals surface area contributed by atoms with Gasteiger partial charge in [-0.1, -0.05) is 0 Å². The highest BCUT2D eigenvalue weighted by molar-refractivity contribution is 5.91. The lowest BCUT2D eigenvalue weighted by Gasteiger charge is -2.36. The Kier molecular flexibility index (Phi) is 8.21. The molecule has 2 aliphatic rings. The molecule has 2 N–H and O–H groups in total. The lowest BCUT2D eigenvalue weighted by atomic mass is 10.1. The Hall–Kier alpha value is -3.64. The maximum atomic E-state index is 15.0. The summed E-state index contributed by atoms with van der Waals surface area (Å²) in [7, 11) is 0. The van der Waals surface area contributed by atoms with Gasteiger partial charge in [-0.25, -0.2) is 18.4 Å². The van der Waals surface area contributed by atoms with Gasteiger partial charge in [0.1, 0.15) is 24.4 Å². The summed E-state index contributed by atoms with van der Waals surface area (Å²) in [6, 6.07) is 1.50. The Morgan fingerprint density at radius 3 is 2.25 bits per heavy atom. The summed E-state index contributed by atoms with van der Waals surface area (Å²) >= 11 is 0. The molecule has 198 valence electrons. The van der Waals surface area contributed by atoms with Gasteiger partial charge in [0.2, 0.25) is 11.8 Å². The molecule has 0 radical (unpaired) electrons. The zero-order valence-electron chi connectivity index (χ0n) is 20.7. The van der Waals surface area contributed by atoms with Crippen LogP contribution in [0.4, 0.5) is 29.7 Å². The first-order chi connectivity index (χ1) is 16.9. The number of hydrogen-bond acceptors (Lipinski definition) is 7. The molecule has 13 heteroatoms. The molecule has 0 saturated carbocycles. The second-order valence-electron chi connectivity index (χ2n) is 9.52. The van der Waals surface area contributed by atoms with Crippen molar-refractivity contribution in [3.05, 3.63) is 23.8 Å². The van der Waals surface area contributed by atoms with Crippen molar-refractivity contribution < 1.29 is 37.4 Å². The van der Waals surface area contributed by atoms with Gasteiger partial charge in [0, 0.05) is 51.8 Å². The van der Waals surface area contributed by atoms with Crippen molar-refractivity contribution in [3.63, 3.8) is 0 Å². The third-order valence-corrected chi connectivity index (χ3v) is 5.56. The number of hydrogen-bond donors (Lipinski definition) is 2. The number of nitrogens with one attached hydrogen (secondary N) is 2. The van der Waals surface area contributed by atoms with E-state index >= 15 is 8.78 Å². The monoisotopic (exact) mass is 511 g/mol. The number of ether oxygens (including phenoxy) is 2. The summed E-state index contributed by atoms with van der Waals surface area (Å²) in [4.78, 5) is 51.6. The third kappa shape index (κ3) is 6.73. The number of alkyl carbamates (subject to hydrolysis) is 1. The van der Waals surface area contributed by atoms with Crippen molar-refractivity contribution in [1.82, 2.24) is 15.5 Å². The van der Waals surface area contributed by atoms with Crippen molar-refractivity contribution >= 4 is 35.4 Å². The number of carbonyl (C=O) groups is 4. The number of amides is 4. The molecule has 1 aromatic carbocycles. The number of halogens is 2. The van der Waals surface area contributed by atoms with Crippen molar-refractivity contribution in [2.45, 2.75) is 39.3 Å². The molecule has 2 saturated heterocycles. The second kappa shape index (κ2) is 11.0. The minimum Gasteiger partial charge on any atom is -0.447 e. The molecule has 2 aliphatic heterocycles. The fourth-order valence-corrected chi connectivity index (χ4v) is 3.94. The van der Waals surface area contributed by atoms with Crippen LogP contribution in [-0.4, -0.2) is 86.4 Å². The molecule has 1 atom stereocenters. The minimum absolute atomic E-state index is 0.0198. The first kappa shape index (κ1) is 27.0. The van der Waals surface area contributed by atoms with E-state index in [1.165, 1.54) is 16.7 Å². The van der Waals surface area contributed by atoms with E-state index in [1.807, 2.05) is 0 Å². The third-order valence-electron chi connectivity index (χ3n) is 5.56. The van der Waals surface area contributed by atoms with Crippen LogP contribution in [0.2, 0.25) is 0 Å². The summed E-state index contributed by atoms with van der Waals surface area (Å²) in [5, 5.41) is 4.97. The quantitative estimate of drug-likeness (QED) is 0.595. The van der Waals surface area contributed by atoms with Gasteiger partial charge in [0.25, 0.3) is 0 Å². The largest absolute Gasteiger partial charge is 0.447 e. The maximum Gasteiger partial charge on any atom is 0.414 e. The van der Waals surface area contributed by atoms with E-state index in [2.05, 4.69) is 10.6 Å². The SMILES string of the molecule is CC(=O)NC[C@H]1COC(=O)N1c1cc(F)c(N2CCN(C(=O)CNC(=O)OC(C)(C)C)CC2)c(F)c1. The van der Waals surface area contributed by atoms with Crippen molar-refractivity contribution in [3.8, 4) is 0 Å². The highest BCUT2D eigenvalue weighted by atomic mass is 19.1. The van der Waals surface area contributed by atoms with Crippen molar-refractivity contribution in [2.75, 3.05) is 55.7 Å². The number of benzene rings is 1. The average molecular weight is 512 g/mol. The molecule has 0 bridgehead atoms. The molecule has 4 amide bonds. The van der Waals surface area contributed by atoms with E-state index in [0.29, 0.717) is 0 Å².